The highest BCUT2D eigenvalue weighted by Gasteiger charge is 2.33. The molecule has 4 N–H and O–H groups in total. The molecule has 1 aliphatic carbocycles. The molecule has 34 heavy (non-hydrogen) atoms. The molecule has 10 nitrogen and oxygen atoms in total. The summed E-state index contributed by atoms with van der Waals surface area (Å²) in [6.07, 6.45) is 3.04. The first kappa shape index (κ1) is 23.8. The molecule has 2 heterocycles. The summed E-state index contributed by atoms with van der Waals surface area (Å²) < 4.78 is 5.32. The molecular formula is C24H30N6O4. The summed E-state index contributed by atoms with van der Waals surface area (Å²) in [6, 6.07) is 9.42. The second kappa shape index (κ2) is 9.86. The molecule has 2 aromatic heterocycles. The van der Waals surface area contributed by atoms with Gasteiger partial charge in [0.05, 0.1) is 25.9 Å². The summed E-state index contributed by atoms with van der Waals surface area (Å²) in [5, 5.41) is 32.7. The van der Waals surface area contributed by atoms with Crippen molar-refractivity contribution in [2.75, 3.05) is 13.7 Å². The number of aryl methyl sites for hydroxylation is 1. The largest absolute Gasteiger partial charge is 0.497 e. The number of nitrogens with two attached hydrogens (primary N) is 1. The first-order chi connectivity index (χ1) is 16.3. The van der Waals surface area contributed by atoms with E-state index < -0.39 is 11.5 Å². The molecule has 4 rings (SSSR count). The number of aliphatic hydroxyl groups excluding tert-OH is 1. The number of pyridine rings is 1. The van der Waals surface area contributed by atoms with Gasteiger partial charge >= 0.3 is 0 Å². The standard InChI is InChI=1S/C24H30N6O4/c1-15-10-20(19(21(26-15)22(25)32)12-17-4-3-5-18(11-17)34-2)23-27-29-30(28-23)13-16-6-8-24(33,14-31)9-7-16/h3-5,10-11,16,31,33H,6-9,12-14H2,1-2H3,(H2,25,32). The smallest absolute Gasteiger partial charge is 0.267 e. The molecule has 10 heteroatoms. The van der Waals surface area contributed by atoms with E-state index >= 15 is 0 Å². The molecule has 1 aromatic carbocycles. The number of nitrogens with zero attached hydrogens (tertiary/aromatic N) is 5. The lowest BCUT2D eigenvalue weighted by atomic mass is 9.79. The number of rotatable bonds is 8. The third-order valence-corrected chi connectivity index (χ3v) is 6.45. The maximum atomic E-state index is 12.3. The van der Waals surface area contributed by atoms with Crippen LogP contribution in [0.4, 0.5) is 0 Å². The Morgan fingerprint density at radius 1 is 1.29 bits per heavy atom. The van der Waals surface area contributed by atoms with Crippen LogP contribution in [0.2, 0.25) is 0 Å². The molecular weight excluding hydrogens is 436 g/mol. The van der Waals surface area contributed by atoms with Gasteiger partial charge in [-0.15, -0.1) is 10.2 Å². The van der Waals surface area contributed by atoms with Gasteiger partial charge in [-0.25, -0.2) is 4.98 Å². The Labute approximate surface area is 197 Å². The van der Waals surface area contributed by atoms with Gasteiger partial charge in [-0.2, -0.15) is 4.80 Å². The molecule has 0 aliphatic heterocycles. The third-order valence-electron chi connectivity index (χ3n) is 6.45. The fourth-order valence-corrected chi connectivity index (χ4v) is 4.48. The van der Waals surface area contributed by atoms with Crippen LogP contribution in [-0.2, 0) is 13.0 Å². The Morgan fingerprint density at radius 2 is 2.06 bits per heavy atom. The topological polar surface area (TPSA) is 149 Å². The van der Waals surface area contributed by atoms with Gasteiger partial charge in [0.15, 0.2) is 0 Å². The predicted octanol–water partition coefficient (Wildman–Crippen LogP) is 1.66. The van der Waals surface area contributed by atoms with E-state index in [1.165, 1.54) is 0 Å². The average Bonchev–Trinajstić information content (AvgIpc) is 3.30. The van der Waals surface area contributed by atoms with Crippen molar-refractivity contribution in [3.05, 3.63) is 52.8 Å². The summed E-state index contributed by atoms with van der Waals surface area (Å²) in [6.45, 7) is 2.14. The maximum absolute atomic E-state index is 12.3. The number of hydrogen-bond acceptors (Lipinski definition) is 8. The molecule has 0 bridgehead atoms. The lowest BCUT2D eigenvalue weighted by molar-refractivity contribution is -0.0535. The van der Waals surface area contributed by atoms with Crippen LogP contribution in [-0.4, -0.2) is 60.6 Å². The highest BCUT2D eigenvalue weighted by atomic mass is 16.5. The van der Waals surface area contributed by atoms with Gasteiger partial charge in [-0.3, -0.25) is 4.79 Å². The summed E-state index contributed by atoms with van der Waals surface area (Å²) in [4.78, 5) is 18.2. The lowest BCUT2D eigenvalue weighted by Crippen LogP contribution is -2.38. The van der Waals surface area contributed by atoms with Crippen molar-refractivity contribution in [2.24, 2.45) is 11.7 Å². The number of carbonyl (C=O) groups is 1. The van der Waals surface area contributed by atoms with Crippen LogP contribution in [0.5, 0.6) is 5.75 Å². The average molecular weight is 467 g/mol. The molecule has 0 spiro atoms. The van der Waals surface area contributed by atoms with Gasteiger partial charge in [0.25, 0.3) is 5.91 Å². The summed E-state index contributed by atoms with van der Waals surface area (Å²) >= 11 is 0. The number of primary amides is 1. The van der Waals surface area contributed by atoms with E-state index in [1.807, 2.05) is 30.3 Å². The van der Waals surface area contributed by atoms with E-state index in [1.54, 1.807) is 18.8 Å². The van der Waals surface area contributed by atoms with Crippen molar-refractivity contribution in [1.82, 2.24) is 25.2 Å². The number of carbonyl (C=O) groups excluding carboxylic acids is 1. The molecule has 0 unspecified atom stereocenters. The third kappa shape index (κ3) is 5.23. The first-order valence-corrected chi connectivity index (χ1v) is 11.3. The monoisotopic (exact) mass is 466 g/mol. The van der Waals surface area contributed by atoms with Crippen LogP contribution in [0.3, 0.4) is 0 Å². The number of tetrazole rings is 1. The normalized spacial score (nSPS) is 20.3. The highest BCUT2D eigenvalue weighted by Crippen LogP contribution is 2.33. The highest BCUT2D eigenvalue weighted by molar-refractivity contribution is 5.94. The zero-order valence-electron chi connectivity index (χ0n) is 19.4. The van der Waals surface area contributed by atoms with Gasteiger partial charge in [0, 0.05) is 17.7 Å². The molecule has 1 fully saturated rings. The second-order valence-electron chi connectivity index (χ2n) is 9.02. The number of amides is 1. The summed E-state index contributed by atoms with van der Waals surface area (Å²) in [5.74, 6) is 0.775. The number of ether oxygens (including phenoxy) is 1. The van der Waals surface area contributed by atoms with Crippen LogP contribution in [0.25, 0.3) is 11.4 Å². The number of aromatic nitrogens is 5. The Balaban J connectivity index is 1.62. The maximum Gasteiger partial charge on any atom is 0.267 e. The zero-order chi connectivity index (χ0) is 24.3. The molecule has 1 amide bonds. The predicted molar refractivity (Wildman–Crippen MR) is 124 cm³/mol. The molecule has 0 saturated heterocycles. The minimum atomic E-state index is -0.980. The molecule has 0 atom stereocenters. The van der Waals surface area contributed by atoms with Crippen molar-refractivity contribution in [2.45, 2.75) is 51.2 Å². The Hall–Kier alpha value is -3.37. The van der Waals surface area contributed by atoms with E-state index in [0.717, 1.165) is 18.4 Å². The van der Waals surface area contributed by atoms with Crippen molar-refractivity contribution in [3.8, 4) is 17.1 Å². The minimum Gasteiger partial charge on any atom is -0.497 e. The molecule has 3 aromatic rings. The van der Waals surface area contributed by atoms with Crippen LogP contribution in [0, 0.1) is 12.8 Å². The van der Waals surface area contributed by atoms with Gasteiger partial charge in [0.1, 0.15) is 11.4 Å². The van der Waals surface area contributed by atoms with Crippen molar-refractivity contribution in [3.63, 3.8) is 0 Å². The van der Waals surface area contributed by atoms with Crippen LogP contribution in [0.1, 0.15) is 53.0 Å². The summed E-state index contributed by atoms with van der Waals surface area (Å²) in [7, 11) is 1.60. The molecule has 0 radical (unpaired) electrons. The Morgan fingerprint density at radius 3 is 2.74 bits per heavy atom. The number of hydrogen-bond donors (Lipinski definition) is 3. The van der Waals surface area contributed by atoms with Crippen LogP contribution >= 0.6 is 0 Å². The molecule has 1 aliphatic rings. The van der Waals surface area contributed by atoms with E-state index in [2.05, 4.69) is 20.4 Å². The fourth-order valence-electron chi connectivity index (χ4n) is 4.48. The number of benzene rings is 1. The van der Waals surface area contributed by atoms with E-state index in [4.69, 9.17) is 10.5 Å². The van der Waals surface area contributed by atoms with E-state index in [9.17, 15) is 15.0 Å². The minimum absolute atomic E-state index is 0.185. The summed E-state index contributed by atoms with van der Waals surface area (Å²) in [5.41, 5.74) is 7.74. The first-order valence-electron chi connectivity index (χ1n) is 11.3. The molecule has 180 valence electrons. The van der Waals surface area contributed by atoms with Gasteiger partial charge in [-0.1, -0.05) is 12.1 Å². The van der Waals surface area contributed by atoms with Crippen molar-refractivity contribution in [1.29, 1.82) is 0 Å². The Kier molecular flexibility index (Phi) is 6.90. The quantitative estimate of drug-likeness (QED) is 0.454. The fraction of sp³-hybridized carbons (Fsp3) is 0.458. The van der Waals surface area contributed by atoms with E-state index in [0.29, 0.717) is 54.2 Å². The SMILES string of the molecule is COc1cccc(Cc2c(-c3nnn(CC4CCC(O)(CO)CC4)n3)cc(C)nc2C(N)=O)c1. The van der Waals surface area contributed by atoms with Crippen molar-refractivity contribution >= 4 is 5.91 Å². The van der Waals surface area contributed by atoms with Gasteiger partial charge < -0.3 is 20.7 Å². The molecule has 1 saturated carbocycles. The van der Waals surface area contributed by atoms with Crippen LogP contribution < -0.4 is 10.5 Å². The number of aliphatic hydroxyl groups is 2. The lowest BCUT2D eigenvalue weighted by Gasteiger charge is -2.34. The number of methoxy groups -OCH3 is 1. The second-order valence-corrected chi connectivity index (χ2v) is 9.02. The van der Waals surface area contributed by atoms with Crippen LogP contribution in [0.15, 0.2) is 30.3 Å². The zero-order valence-corrected chi connectivity index (χ0v) is 19.4. The van der Waals surface area contributed by atoms with Crippen molar-refractivity contribution < 1.29 is 19.7 Å². The van der Waals surface area contributed by atoms with Gasteiger partial charge in [0.2, 0.25) is 5.82 Å². The van der Waals surface area contributed by atoms with E-state index in [-0.39, 0.29) is 18.2 Å². The van der Waals surface area contributed by atoms with Gasteiger partial charge in [-0.05, 0) is 73.1 Å². The Bertz CT molecular complexity index is 1170.